The van der Waals surface area contributed by atoms with E-state index < -0.39 is 0 Å². The number of likely N-dealkylation sites (tertiary alicyclic amines) is 1. The van der Waals surface area contributed by atoms with Crippen LogP contribution in [0.2, 0.25) is 0 Å². The average molecular weight is 293 g/mol. The lowest BCUT2D eigenvalue weighted by Crippen LogP contribution is -2.44. The minimum Gasteiger partial charge on any atom is -0.496 e. The number of methoxy groups -OCH3 is 1. The number of ether oxygens (including phenoxy) is 1. The zero-order valence-electron chi connectivity index (χ0n) is 12.6. The fourth-order valence-corrected chi connectivity index (χ4v) is 3.22. The number of benzene rings is 1. The van der Waals surface area contributed by atoms with E-state index in [4.69, 9.17) is 4.74 Å². The van der Waals surface area contributed by atoms with Crippen molar-refractivity contribution in [3.63, 3.8) is 0 Å². The number of piperidine rings is 1. The molecule has 1 heterocycles. The molecule has 1 aromatic carbocycles. The fourth-order valence-electron chi connectivity index (χ4n) is 3.22. The molecule has 1 aromatic rings. The summed E-state index contributed by atoms with van der Waals surface area (Å²) in [4.78, 5) is 2.26. The van der Waals surface area contributed by atoms with Gasteiger partial charge in [0.1, 0.15) is 11.6 Å². The van der Waals surface area contributed by atoms with Crippen LogP contribution in [0.1, 0.15) is 24.8 Å². The molecule has 0 aliphatic carbocycles. The maximum atomic E-state index is 13.4. The highest BCUT2D eigenvalue weighted by molar-refractivity contribution is 5.33. The van der Waals surface area contributed by atoms with Crippen LogP contribution < -0.4 is 4.74 Å². The number of aliphatic hydroxyl groups excluding tert-OH is 1. The number of hydrogen-bond donors (Lipinski definition) is 1. The van der Waals surface area contributed by atoms with Crippen molar-refractivity contribution in [1.29, 1.82) is 0 Å². The number of rotatable bonds is 6. The predicted octanol–water partition coefficient (Wildman–Crippen LogP) is 2.98. The van der Waals surface area contributed by atoms with Crippen LogP contribution in [0.4, 0.5) is 4.39 Å². The molecular formula is C17H24FNO2. The van der Waals surface area contributed by atoms with Gasteiger partial charge in [-0.1, -0.05) is 6.08 Å². The van der Waals surface area contributed by atoms with Gasteiger partial charge < -0.3 is 9.84 Å². The van der Waals surface area contributed by atoms with Gasteiger partial charge in [0.05, 0.1) is 13.7 Å². The third kappa shape index (κ3) is 3.83. The minimum atomic E-state index is -0.248. The molecule has 0 bridgehead atoms. The average Bonchev–Trinajstić information content (AvgIpc) is 2.48. The third-order valence-electron chi connectivity index (χ3n) is 4.29. The zero-order chi connectivity index (χ0) is 15.3. The molecule has 1 atom stereocenters. The predicted molar refractivity (Wildman–Crippen MR) is 81.8 cm³/mol. The summed E-state index contributed by atoms with van der Waals surface area (Å²) in [6, 6.07) is 4.60. The van der Waals surface area contributed by atoms with Gasteiger partial charge in [-0.25, -0.2) is 4.39 Å². The maximum Gasteiger partial charge on any atom is 0.123 e. The van der Waals surface area contributed by atoms with E-state index in [0.29, 0.717) is 12.3 Å². The molecule has 1 aliphatic heterocycles. The van der Waals surface area contributed by atoms with Gasteiger partial charge >= 0.3 is 0 Å². The van der Waals surface area contributed by atoms with E-state index in [1.807, 2.05) is 6.08 Å². The molecule has 2 rings (SSSR count). The maximum absolute atomic E-state index is 13.4. The Hall–Kier alpha value is -1.39. The molecule has 1 aliphatic rings. The van der Waals surface area contributed by atoms with Gasteiger partial charge in [-0.2, -0.15) is 0 Å². The number of allylic oxidation sites excluding steroid dienone is 1. The highest BCUT2D eigenvalue weighted by atomic mass is 19.1. The minimum absolute atomic E-state index is 0.111. The summed E-state index contributed by atoms with van der Waals surface area (Å²) in [5.41, 5.74) is 0.741. The van der Waals surface area contributed by atoms with Crippen LogP contribution in [0.15, 0.2) is 30.9 Å². The van der Waals surface area contributed by atoms with E-state index in [1.165, 1.54) is 12.1 Å². The van der Waals surface area contributed by atoms with Crippen LogP contribution in [0.25, 0.3) is 0 Å². The Bertz CT molecular complexity index is 492. The topological polar surface area (TPSA) is 32.7 Å². The Morgan fingerprint density at radius 1 is 1.52 bits per heavy atom. The molecule has 116 valence electrons. The van der Waals surface area contributed by atoms with E-state index in [2.05, 4.69) is 11.5 Å². The molecule has 0 saturated carbocycles. The summed E-state index contributed by atoms with van der Waals surface area (Å²) >= 11 is 0. The molecule has 1 unspecified atom stereocenters. The lowest BCUT2D eigenvalue weighted by Gasteiger charge is -2.41. The molecule has 0 spiro atoms. The first-order valence-corrected chi connectivity index (χ1v) is 7.39. The standard InChI is InChI=1S/C17H24FNO2/c1-3-7-17(13-20)8-4-9-19(12-17)11-14-10-15(18)5-6-16(14)21-2/h3,5-6,10,20H,1,4,7-9,11-13H2,2H3. The fraction of sp³-hybridized carbons (Fsp3) is 0.529. The largest absolute Gasteiger partial charge is 0.496 e. The number of hydrogen-bond acceptors (Lipinski definition) is 3. The molecule has 4 heteroatoms. The highest BCUT2D eigenvalue weighted by Crippen LogP contribution is 2.34. The Morgan fingerprint density at radius 3 is 3.00 bits per heavy atom. The van der Waals surface area contributed by atoms with Crippen molar-refractivity contribution in [1.82, 2.24) is 4.90 Å². The number of halogens is 1. The first-order valence-electron chi connectivity index (χ1n) is 7.39. The van der Waals surface area contributed by atoms with Gasteiger partial charge in [0, 0.05) is 24.1 Å². The van der Waals surface area contributed by atoms with Crippen LogP contribution in [-0.4, -0.2) is 36.8 Å². The monoisotopic (exact) mass is 293 g/mol. The summed E-state index contributed by atoms with van der Waals surface area (Å²) in [6.45, 7) is 6.36. The summed E-state index contributed by atoms with van der Waals surface area (Å²) < 4.78 is 18.8. The molecular weight excluding hydrogens is 269 g/mol. The lowest BCUT2D eigenvalue weighted by molar-refractivity contribution is 0.0306. The Balaban J connectivity index is 2.12. The second-order valence-electron chi connectivity index (χ2n) is 5.92. The first-order chi connectivity index (χ1) is 10.1. The summed E-state index contributed by atoms with van der Waals surface area (Å²) in [6.07, 6.45) is 4.72. The summed E-state index contributed by atoms with van der Waals surface area (Å²) in [7, 11) is 1.60. The highest BCUT2D eigenvalue weighted by Gasteiger charge is 2.34. The molecule has 0 amide bonds. The van der Waals surface area contributed by atoms with Crippen molar-refractivity contribution in [3.05, 3.63) is 42.2 Å². The molecule has 0 aromatic heterocycles. The van der Waals surface area contributed by atoms with Crippen LogP contribution in [0.5, 0.6) is 5.75 Å². The van der Waals surface area contributed by atoms with Gasteiger partial charge in [-0.05, 0) is 44.0 Å². The molecule has 0 radical (unpaired) electrons. The van der Waals surface area contributed by atoms with Crippen LogP contribution in [0, 0.1) is 11.2 Å². The molecule has 1 fully saturated rings. The second kappa shape index (κ2) is 7.05. The van der Waals surface area contributed by atoms with Crippen molar-refractivity contribution in [2.24, 2.45) is 5.41 Å². The quantitative estimate of drug-likeness (QED) is 0.819. The molecule has 1 N–H and O–H groups in total. The van der Waals surface area contributed by atoms with Gasteiger partial charge in [-0.15, -0.1) is 6.58 Å². The van der Waals surface area contributed by atoms with Crippen LogP contribution in [-0.2, 0) is 6.54 Å². The van der Waals surface area contributed by atoms with E-state index in [-0.39, 0.29) is 17.8 Å². The van der Waals surface area contributed by atoms with E-state index in [9.17, 15) is 9.50 Å². The number of nitrogens with zero attached hydrogens (tertiary/aromatic N) is 1. The Morgan fingerprint density at radius 2 is 2.33 bits per heavy atom. The van der Waals surface area contributed by atoms with Crippen molar-refractivity contribution >= 4 is 0 Å². The Labute approximate surface area is 126 Å². The smallest absolute Gasteiger partial charge is 0.123 e. The SMILES string of the molecule is C=CCC1(CO)CCCN(Cc2cc(F)ccc2OC)C1. The first kappa shape index (κ1) is 16.0. The van der Waals surface area contributed by atoms with Crippen molar-refractivity contribution in [2.75, 3.05) is 26.8 Å². The van der Waals surface area contributed by atoms with Crippen molar-refractivity contribution in [3.8, 4) is 5.75 Å². The van der Waals surface area contributed by atoms with Gasteiger partial charge in [0.2, 0.25) is 0 Å². The van der Waals surface area contributed by atoms with Crippen LogP contribution in [0.3, 0.4) is 0 Å². The van der Waals surface area contributed by atoms with Crippen LogP contribution >= 0.6 is 0 Å². The van der Waals surface area contributed by atoms with Gasteiger partial charge in [-0.3, -0.25) is 4.90 Å². The van der Waals surface area contributed by atoms with E-state index in [0.717, 1.165) is 37.9 Å². The third-order valence-corrected chi connectivity index (χ3v) is 4.29. The molecule has 21 heavy (non-hydrogen) atoms. The summed E-state index contributed by atoms with van der Waals surface area (Å²) in [5, 5.41) is 9.74. The lowest BCUT2D eigenvalue weighted by atomic mass is 9.77. The Kier molecular flexibility index (Phi) is 5.37. The van der Waals surface area contributed by atoms with Gasteiger partial charge in [0.15, 0.2) is 0 Å². The van der Waals surface area contributed by atoms with Crippen molar-refractivity contribution < 1.29 is 14.2 Å². The number of aliphatic hydroxyl groups is 1. The van der Waals surface area contributed by atoms with Crippen molar-refractivity contribution in [2.45, 2.75) is 25.8 Å². The molecule has 3 nitrogen and oxygen atoms in total. The normalized spacial score (nSPS) is 23.0. The van der Waals surface area contributed by atoms with E-state index >= 15 is 0 Å². The second-order valence-corrected chi connectivity index (χ2v) is 5.92. The van der Waals surface area contributed by atoms with E-state index in [1.54, 1.807) is 13.2 Å². The summed E-state index contributed by atoms with van der Waals surface area (Å²) in [5.74, 6) is 0.461. The van der Waals surface area contributed by atoms with Gasteiger partial charge in [0.25, 0.3) is 0 Å². The molecule has 1 saturated heterocycles. The zero-order valence-corrected chi connectivity index (χ0v) is 12.6.